The molecule has 2 aromatic carbocycles. The van der Waals surface area contributed by atoms with Gasteiger partial charge in [-0.1, -0.05) is 18.2 Å². The minimum Gasteiger partial charge on any atom is -0.497 e. The van der Waals surface area contributed by atoms with Crippen LogP contribution in [0.4, 0.5) is 5.69 Å². The van der Waals surface area contributed by atoms with Gasteiger partial charge in [-0.25, -0.2) is 4.98 Å². The number of H-pyrrole nitrogens is 1. The summed E-state index contributed by atoms with van der Waals surface area (Å²) in [5.41, 5.74) is 3.89. The summed E-state index contributed by atoms with van der Waals surface area (Å²) >= 11 is 0. The van der Waals surface area contributed by atoms with Crippen LogP contribution in [-0.4, -0.2) is 47.5 Å². The summed E-state index contributed by atoms with van der Waals surface area (Å²) in [6.07, 6.45) is 0. The Balaban J connectivity index is 1.58. The Bertz CT molecular complexity index is 934. The molecule has 0 amide bonds. The van der Waals surface area contributed by atoms with Crippen LogP contribution >= 0.6 is 0 Å². The first kappa shape index (κ1) is 17.1. The third-order valence-electron chi connectivity index (χ3n) is 4.62. The van der Waals surface area contributed by atoms with Crippen molar-refractivity contribution in [1.29, 1.82) is 0 Å². The van der Waals surface area contributed by atoms with Gasteiger partial charge in [0, 0.05) is 37.9 Å². The molecule has 1 aliphatic rings. The summed E-state index contributed by atoms with van der Waals surface area (Å²) in [5.74, 6) is 1.19. The summed E-state index contributed by atoms with van der Waals surface area (Å²) in [4.78, 5) is 10.0. The van der Waals surface area contributed by atoms with Gasteiger partial charge in [-0.05, 0) is 23.8 Å². The molecule has 26 heavy (non-hydrogen) atoms. The van der Waals surface area contributed by atoms with Gasteiger partial charge in [0.1, 0.15) is 5.75 Å². The van der Waals surface area contributed by atoms with Gasteiger partial charge in [0.15, 0.2) is 5.16 Å². The number of nitrogens with one attached hydrogen (secondary N) is 2. The predicted octanol–water partition coefficient (Wildman–Crippen LogP) is 2.29. The zero-order valence-corrected chi connectivity index (χ0v) is 15.5. The van der Waals surface area contributed by atoms with Crippen LogP contribution in [0, 0.1) is 0 Å². The standard InChI is InChI=1S/C19H22N4O2S/c1-25-15-6-7-16-17(12-15)22-19(21-16)26(24)13-14-4-2-3-5-18(14)23-10-8-20-9-11-23/h2-7,12,20H,8-11,13H2,1H3,(H,21,22). The Hall–Kier alpha value is -2.38. The van der Waals surface area contributed by atoms with Gasteiger partial charge in [-0.15, -0.1) is 0 Å². The number of para-hydroxylation sites is 1. The van der Waals surface area contributed by atoms with E-state index in [1.807, 2.05) is 30.3 Å². The average molecular weight is 370 g/mol. The van der Waals surface area contributed by atoms with Gasteiger partial charge in [0.25, 0.3) is 0 Å². The molecule has 1 aromatic heterocycles. The lowest BCUT2D eigenvalue weighted by molar-refractivity contribution is 0.415. The maximum atomic E-state index is 12.9. The van der Waals surface area contributed by atoms with E-state index in [0.717, 1.165) is 48.5 Å². The SMILES string of the molecule is COc1ccc2nc(S(=O)Cc3ccccc3N3CCNCC3)[nH]c2c1. The van der Waals surface area contributed by atoms with Gasteiger partial charge in [-0.2, -0.15) is 0 Å². The van der Waals surface area contributed by atoms with Crippen molar-refractivity contribution in [3.8, 4) is 5.75 Å². The highest BCUT2D eigenvalue weighted by Gasteiger charge is 2.17. The molecule has 7 heteroatoms. The molecular formula is C19H22N4O2S. The molecule has 0 aliphatic carbocycles. The number of aromatic nitrogens is 2. The molecule has 1 atom stereocenters. The molecule has 4 rings (SSSR count). The normalized spacial score (nSPS) is 16.0. The van der Waals surface area contributed by atoms with Crippen molar-refractivity contribution in [3.05, 3.63) is 48.0 Å². The Labute approximate surface area is 155 Å². The fourth-order valence-corrected chi connectivity index (χ4v) is 4.34. The molecule has 1 saturated heterocycles. The minimum atomic E-state index is -1.24. The Morgan fingerprint density at radius 2 is 2.00 bits per heavy atom. The maximum absolute atomic E-state index is 12.9. The van der Waals surface area contributed by atoms with Crippen molar-refractivity contribution in [1.82, 2.24) is 15.3 Å². The van der Waals surface area contributed by atoms with Crippen LogP contribution in [-0.2, 0) is 16.6 Å². The highest BCUT2D eigenvalue weighted by Crippen LogP contribution is 2.25. The molecule has 136 valence electrons. The highest BCUT2D eigenvalue weighted by atomic mass is 32.2. The second-order valence-electron chi connectivity index (χ2n) is 6.28. The lowest BCUT2D eigenvalue weighted by Crippen LogP contribution is -2.43. The molecule has 2 N–H and O–H groups in total. The summed E-state index contributed by atoms with van der Waals surface area (Å²) in [7, 11) is 0.389. The first-order valence-corrected chi connectivity index (χ1v) is 10.0. The van der Waals surface area contributed by atoms with Crippen molar-refractivity contribution in [2.75, 3.05) is 38.2 Å². The van der Waals surface area contributed by atoms with Crippen molar-refractivity contribution in [2.24, 2.45) is 0 Å². The van der Waals surface area contributed by atoms with E-state index in [0.29, 0.717) is 10.9 Å². The number of fused-ring (bicyclic) bond motifs is 1. The predicted molar refractivity (Wildman–Crippen MR) is 104 cm³/mol. The van der Waals surface area contributed by atoms with E-state index in [1.54, 1.807) is 7.11 Å². The fourth-order valence-electron chi connectivity index (χ4n) is 3.26. The number of hydrogen-bond donors (Lipinski definition) is 2. The van der Waals surface area contributed by atoms with Crippen LogP contribution < -0.4 is 15.0 Å². The van der Waals surface area contributed by atoms with E-state index in [1.165, 1.54) is 5.69 Å². The zero-order valence-electron chi connectivity index (χ0n) is 14.7. The van der Waals surface area contributed by atoms with Crippen molar-refractivity contribution in [2.45, 2.75) is 10.9 Å². The smallest absolute Gasteiger partial charge is 0.197 e. The van der Waals surface area contributed by atoms with Gasteiger partial charge in [-0.3, -0.25) is 4.21 Å². The number of anilines is 1. The summed E-state index contributed by atoms with van der Waals surface area (Å²) in [6.45, 7) is 3.88. The van der Waals surface area contributed by atoms with Gasteiger partial charge >= 0.3 is 0 Å². The second-order valence-corrected chi connectivity index (χ2v) is 7.65. The molecule has 0 radical (unpaired) electrons. The third-order valence-corrected chi connectivity index (χ3v) is 5.82. The molecule has 0 spiro atoms. The van der Waals surface area contributed by atoms with E-state index < -0.39 is 10.8 Å². The number of ether oxygens (including phenoxy) is 1. The quantitative estimate of drug-likeness (QED) is 0.721. The Morgan fingerprint density at radius 3 is 2.81 bits per heavy atom. The largest absolute Gasteiger partial charge is 0.497 e. The van der Waals surface area contributed by atoms with Crippen LogP contribution in [0.25, 0.3) is 11.0 Å². The number of aromatic amines is 1. The van der Waals surface area contributed by atoms with Crippen LogP contribution in [0.1, 0.15) is 5.56 Å². The number of methoxy groups -OCH3 is 1. The minimum absolute atomic E-state index is 0.442. The van der Waals surface area contributed by atoms with Crippen LogP contribution in [0.15, 0.2) is 47.6 Å². The summed E-state index contributed by atoms with van der Waals surface area (Å²) in [6, 6.07) is 13.8. The number of rotatable bonds is 5. The molecule has 3 aromatic rings. The number of nitrogens with zero attached hydrogens (tertiary/aromatic N) is 2. The molecule has 6 nitrogen and oxygen atoms in total. The first-order chi connectivity index (χ1) is 12.7. The van der Waals surface area contributed by atoms with Crippen molar-refractivity contribution < 1.29 is 8.95 Å². The topological polar surface area (TPSA) is 70.2 Å². The van der Waals surface area contributed by atoms with Crippen LogP contribution in [0.3, 0.4) is 0 Å². The third kappa shape index (κ3) is 3.45. The number of piperazine rings is 1. The molecule has 2 heterocycles. The van der Waals surface area contributed by atoms with Gasteiger partial charge < -0.3 is 19.9 Å². The summed E-state index contributed by atoms with van der Waals surface area (Å²) in [5, 5.41) is 3.87. The van der Waals surface area contributed by atoms with Crippen molar-refractivity contribution >= 4 is 27.5 Å². The number of hydrogen-bond acceptors (Lipinski definition) is 5. The van der Waals surface area contributed by atoms with E-state index in [-0.39, 0.29) is 0 Å². The molecule has 1 aliphatic heterocycles. The lowest BCUT2D eigenvalue weighted by Gasteiger charge is -2.31. The van der Waals surface area contributed by atoms with Crippen LogP contribution in [0.5, 0.6) is 5.75 Å². The van der Waals surface area contributed by atoms with E-state index in [4.69, 9.17) is 4.74 Å². The van der Waals surface area contributed by atoms with Gasteiger partial charge in [0.2, 0.25) is 0 Å². The van der Waals surface area contributed by atoms with Gasteiger partial charge in [0.05, 0.1) is 34.7 Å². The fraction of sp³-hybridized carbons (Fsp3) is 0.316. The Morgan fingerprint density at radius 1 is 1.19 bits per heavy atom. The zero-order chi connectivity index (χ0) is 17.9. The van der Waals surface area contributed by atoms with Crippen LogP contribution in [0.2, 0.25) is 0 Å². The number of imidazole rings is 1. The average Bonchev–Trinajstić information content (AvgIpc) is 3.12. The first-order valence-electron chi connectivity index (χ1n) is 8.70. The molecule has 0 saturated carbocycles. The molecule has 1 unspecified atom stereocenters. The second kappa shape index (κ2) is 7.47. The molecule has 1 fully saturated rings. The van der Waals surface area contributed by atoms with Crippen molar-refractivity contribution in [3.63, 3.8) is 0 Å². The summed E-state index contributed by atoms with van der Waals surface area (Å²) < 4.78 is 18.2. The maximum Gasteiger partial charge on any atom is 0.197 e. The van der Waals surface area contributed by atoms with E-state index >= 15 is 0 Å². The number of benzene rings is 2. The molecular weight excluding hydrogens is 348 g/mol. The lowest BCUT2D eigenvalue weighted by atomic mass is 10.1. The van der Waals surface area contributed by atoms with E-state index in [2.05, 4.69) is 32.3 Å². The van der Waals surface area contributed by atoms with E-state index in [9.17, 15) is 4.21 Å². The highest BCUT2D eigenvalue weighted by molar-refractivity contribution is 7.84. The monoisotopic (exact) mass is 370 g/mol. The Kier molecular flexibility index (Phi) is 4.90. The molecule has 0 bridgehead atoms.